The first-order chi connectivity index (χ1) is 7.63. The first-order valence-electron chi connectivity index (χ1n) is 4.40. The zero-order valence-corrected chi connectivity index (χ0v) is 10.5. The lowest BCUT2D eigenvalue weighted by Crippen LogP contribution is -2.03. The molecule has 0 unspecified atom stereocenters. The molecule has 2 rings (SSSR count). The molecule has 0 aliphatic rings. The van der Waals surface area contributed by atoms with Crippen molar-refractivity contribution in [2.24, 2.45) is 0 Å². The predicted molar refractivity (Wildman–Crippen MR) is 63.4 cm³/mol. The van der Waals surface area contributed by atoms with E-state index in [0.29, 0.717) is 22.4 Å². The van der Waals surface area contributed by atoms with E-state index in [0.717, 1.165) is 0 Å². The number of nitrogens with zero attached hydrogens (tertiary/aromatic N) is 2. The summed E-state index contributed by atoms with van der Waals surface area (Å²) >= 11 is 12.8. The number of esters is 1. The monoisotopic (exact) mass is 276 g/mol. The molecule has 0 N–H and O–H groups in total. The van der Waals surface area contributed by atoms with Crippen LogP contribution in [0.3, 0.4) is 0 Å². The third-order valence-electron chi connectivity index (χ3n) is 1.86. The topological polar surface area (TPSA) is 52.1 Å². The Kier molecular flexibility index (Phi) is 3.28. The van der Waals surface area contributed by atoms with E-state index in [2.05, 4.69) is 9.97 Å². The van der Waals surface area contributed by atoms with Crippen LogP contribution in [0.4, 0.5) is 0 Å². The Bertz CT molecular complexity index is 556. The Balaban J connectivity index is 2.60. The van der Waals surface area contributed by atoms with Crippen molar-refractivity contribution in [1.82, 2.24) is 9.97 Å². The third-order valence-corrected chi connectivity index (χ3v) is 3.17. The lowest BCUT2D eigenvalue weighted by molar-refractivity contribution is 0.0529. The van der Waals surface area contributed by atoms with Crippen molar-refractivity contribution in [2.75, 3.05) is 6.61 Å². The summed E-state index contributed by atoms with van der Waals surface area (Å²) in [5.74, 6) is -0.429. The van der Waals surface area contributed by atoms with Crippen LogP contribution in [-0.2, 0) is 4.74 Å². The molecule has 4 nitrogen and oxygen atoms in total. The van der Waals surface area contributed by atoms with Crippen molar-refractivity contribution >= 4 is 50.7 Å². The van der Waals surface area contributed by atoms with Crippen molar-refractivity contribution in [3.8, 4) is 0 Å². The summed E-state index contributed by atoms with van der Waals surface area (Å²) in [5.41, 5.74) is 0.378. The quantitative estimate of drug-likeness (QED) is 0.480. The predicted octanol–water partition coefficient (Wildman–Crippen LogP) is 3.17. The molecule has 0 radical (unpaired) electrons. The zero-order chi connectivity index (χ0) is 11.7. The molecule has 0 saturated heterocycles. The largest absolute Gasteiger partial charge is 0.462 e. The number of carbonyl (C=O) groups excluding carboxylic acids is 1. The summed E-state index contributed by atoms with van der Waals surface area (Å²) in [6, 6.07) is 0. The number of fused-ring (bicyclic) bond motifs is 1. The number of halogens is 2. The van der Waals surface area contributed by atoms with Crippen LogP contribution in [0.15, 0.2) is 5.38 Å². The highest BCUT2D eigenvalue weighted by Gasteiger charge is 2.18. The smallest absolute Gasteiger partial charge is 0.339 e. The average Bonchev–Trinajstić information content (AvgIpc) is 2.61. The molecule has 0 saturated carbocycles. The van der Waals surface area contributed by atoms with Crippen molar-refractivity contribution < 1.29 is 9.53 Å². The molecule has 0 fully saturated rings. The fourth-order valence-corrected chi connectivity index (χ4v) is 2.73. The molecule has 0 aliphatic carbocycles. The minimum Gasteiger partial charge on any atom is -0.462 e. The Labute approximate surface area is 105 Å². The van der Waals surface area contributed by atoms with Crippen LogP contribution in [0.2, 0.25) is 10.4 Å². The second kappa shape index (κ2) is 4.53. The van der Waals surface area contributed by atoms with Gasteiger partial charge in [-0.25, -0.2) is 14.8 Å². The van der Waals surface area contributed by atoms with Gasteiger partial charge in [-0.15, -0.1) is 11.3 Å². The lowest BCUT2D eigenvalue weighted by Gasteiger charge is -2.00. The van der Waals surface area contributed by atoms with Gasteiger partial charge in [0.05, 0.1) is 17.6 Å². The highest BCUT2D eigenvalue weighted by atomic mass is 35.5. The SMILES string of the molecule is CCOC(=O)c1csc2nc(Cl)nc(Cl)c12. The lowest BCUT2D eigenvalue weighted by atomic mass is 10.2. The normalized spacial score (nSPS) is 10.7. The maximum Gasteiger partial charge on any atom is 0.339 e. The van der Waals surface area contributed by atoms with Crippen LogP contribution in [0.1, 0.15) is 17.3 Å². The maximum atomic E-state index is 11.6. The molecule has 0 spiro atoms. The van der Waals surface area contributed by atoms with Crippen molar-refractivity contribution in [2.45, 2.75) is 6.92 Å². The van der Waals surface area contributed by atoms with Crippen LogP contribution in [-0.4, -0.2) is 22.5 Å². The van der Waals surface area contributed by atoms with Gasteiger partial charge in [0.1, 0.15) is 9.98 Å². The molecule has 84 valence electrons. The average molecular weight is 277 g/mol. The summed E-state index contributed by atoms with van der Waals surface area (Å²) in [6.07, 6.45) is 0. The molecule has 7 heteroatoms. The maximum absolute atomic E-state index is 11.6. The number of carbonyl (C=O) groups is 1. The van der Waals surface area contributed by atoms with Gasteiger partial charge in [0, 0.05) is 5.38 Å². The van der Waals surface area contributed by atoms with E-state index in [4.69, 9.17) is 27.9 Å². The molecule has 0 amide bonds. The molecule has 0 aromatic carbocycles. The molecular formula is C9H6Cl2N2O2S. The van der Waals surface area contributed by atoms with E-state index >= 15 is 0 Å². The number of hydrogen-bond donors (Lipinski definition) is 0. The fourth-order valence-electron chi connectivity index (χ4n) is 1.23. The van der Waals surface area contributed by atoms with Crippen LogP contribution in [0, 0.1) is 0 Å². The minimum atomic E-state index is -0.429. The molecule has 2 aromatic heterocycles. The molecule has 2 heterocycles. The molecule has 2 aromatic rings. The van der Waals surface area contributed by atoms with Gasteiger partial charge in [-0.2, -0.15) is 0 Å². The van der Waals surface area contributed by atoms with Crippen LogP contribution >= 0.6 is 34.5 Å². The number of hydrogen-bond acceptors (Lipinski definition) is 5. The highest BCUT2D eigenvalue weighted by Crippen LogP contribution is 2.31. The molecule has 0 bridgehead atoms. The van der Waals surface area contributed by atoms with Crippen molar-refractivity contribution in [3.05, 3.63) is 21.4 Å². The van der Waals surface area contributed by atoms with Gasteiger partial charge in [-0.1, -0.05) is 11.6 Å². The fraction of sp³-hybridized carbons (Fsp3) is 0.222. The zero-order valence-electron chi connectivity index (χ0n) is 8.16. The van der Waals surface area contributed by atoms with Gasteiger partial charge in [0.15, 0.2) is 0 Å². The summed E-state index contributed by atoms with van der Waals surface area (Å²) in [7, 11) is 0. The molecule has 0 atom stereocenters. The van der Waals surface area contributed by atoms with E-state index in [1.54, 1.807) is 12.3 Å². The van der Waals surface area contributed by atoms with E-state index in [1.807, 2.05) is 0 Å². The van der Waals surface area contributed by atoms with Crippen LogP contribution < -0.4 is 0 Å². The van der Waals surface area contributed by atoms with E-state index in [9.17, 15) is 4.79 Å². The highest BCUT2D eigenvalue weighted by molar-refractivity contribution is 7.17. The van der Waals surface area contributed by atoms with E-state index in [1.165, 1.54) is 11.3 Å². The van der Waals surface area contributed by atoms with Gasteiger partial charge >= 0.3 is 5.97 Å². The van der Waals surface area contributed by atoms with Gasteiger partial charge in [-0.3, -0.25) is 0 Å². The molecular weight excluding hydrogens is 271 g/mol. The summed E-state index contributed by atoms with van der Waals surface area (Å²) in [5, 5.41) is 2.36. The number of ether oxygens (including phenoxy) is 1. The standard InChI is InChI=1S/C9H6Cl2N2O2S/c1-2-15-8(14)4-3-16-7-5(4)6(10)12-9(11)13-7/h3H,2H2,1H3. The Morgan fingerprint density at radius 3 is 2.94 bits per heavy atom. The molecule has 16 heavy (non-hydrogen) atoms. The van der Waals surface area contributed by atoms with Crippen LogP contribution in [0.25, 0.3) is 10.2 Å². The molecule has 0 aliphatic heterocycles. The Hall–Kier alpha value is -0.910. The minimum absolute atomic E-state index is 0.0646. The summed E-state index contributed by atoms with van der Waals surface area (Å²) < 4.78 is 4.90. The van der Waals surface area contributed by atoms with Crippen LogP contribution in [0.5, 0.6) is 0 Å². The van der Waals surface area contributed by atoms with E-state index < -0.39 is 5.97 Å². The van der Waals surface area contributed by atoms with Gasteiger partial charge in [-0.05, 0) is 18.5 Å². The van der Waals surface area contributed by atoms with E-state index in [-0.39, 0.29) is 10.4 Å². The number of rotatable bonds is 2. The second-order valence-electron chi connectivity index (χ2n) is 2.83. The first-order valence-corrected chi connectivity index (χ1v) is 6.04. The third kappa shape index (κ3) is 1.98. The first kappa shape index (κ1) is 11.6. The second-order valence-corrected chi connectivity index (χ2v) is 4.39. The Morgan fingerprint density at radius 1 is 1.50 bits per heavy atom. The van der Waals surface area contributed by atoms with Crippen molar-refractivity contribution in [1.29, 1.82) is 0 Å². The van der Waals surface area contributed by atoms with Crippen molar-refractivity contribution in [3.63, 3.8) is 0 Å². The van der Waals surface area contributed by atoms with Gasteiger partial charge in [0.2, 0.25) is 5.28 Å². The number of thiophene rings is 1. The Morgan fingerprint density at radius 2 is 2.25 bits per heavy atom. The van der Waals surface area contributed by atoms with Gasteiger partial charge in [0.25, 0.3) is 0 Å². The summed E-state index contributed by atoms with van der Waals surface area (Å²) in [4.78, 5) is 19.9. The number of aromatic nitrogens is 2. The summed E-state index contributed by atoms with van der Waals surface area (Å²) in [6.45, 7) is 2.05. The van der Waals surface area contributed by atoms with Gasteiger partial charge < -0.3 is 4.74 Å².